The SMILES string of the molecule is Cl.Nc1cc(C(=O)O)c(F)cc1O. The third-order valence-corrected chi connectivity index (χ3v) is 1.35. The van der Waals surface area contributed by atoms with E-state index < -0.39 is 23.1 Å². The zero-order valence-electron chi connectivity index (χ0n) is 6.32. The van der Waals surface area contributed by atoms with Gasteiger partial charge in [-0.05, 0) is 6.07 Å². The Kier molecular flexibility index (Phi) is 3.50. The zero-order valence-corrected chi connectivity index (χ0v) is 7.14. The fourth-order valence-corrected chi connectivity index (χ4v) is 0.743. The summed E-state index contributed by atoms with van der Waals surface area (Å²) in [4.78, 5) is 10.3. The molecule has 13 heavy (non-hydrogen) atoms. The van der Waals surface area contributed by atoms with Gasteiger partial charge < -0.3 is 15.9 Å². The van der Waals surface area contributed by atoms with Crippen molar-refractivity contribution in [3.63, 3.8) is 0 Å². The summed E-state index contributed by atoms with van der Waals surface area (Å²) in [6.45, 7) is 0. The summed E-state index contributed by atoms with van der Waals surface area (Å²) in [5.41, 5.74) is 4.44. The van der Waals surface area contributed by atoms with Gasteiger partial charge in [-0.2, -0.15) is 0 Å². The Bertz CT molecular complexity index is 343. The van der Waals surface area contributed by atoms with Gasteiger partial charge in [0.2, 0.25) is 0 Å². The Morgan fingerprint density at radius 3 is 2.46 bits per heavy atom. The average molecular weight is 208 g/mol. The minimum absolute atomic E-state index is 0. The molecule has 0 aliphatic rings. The summed E-state index contributed by atoms with van der Waals surface area (Å²) >= 11 is 0. The minimum atomic E-state index is -1.42. The van der Waals surface area contributed by atoms with Crippen LogP contribution in [0.2, 0.25) is 0 Å². The number of hydrogen-bond acceptors (Lipinski definition) is 3. The molecule has 0 spiro atoms. The van der Waals surface area contributed by atoms with Gasteiger partial charge in [0.05, 0.1) is 11.3 Å². The number of carboxylic acids is 1. The molecule has 4 nitrogen and oxygen atoms in total. The van der Waals surface area contributed by atoms with Gasteiger partial charge in [-0.3, -0.25) is 0 Å². The monoisotopic (exact) mass is 207 g/mol. The molecule has 72 valence electrons. The number of phenolic OH excluding ortho intramolecular Hbond substituents is 1. The average Bonchev–Trinajstić information content (AvgIpc) is 1.96. The molecule has 1 aromatic carbocycles. The fourth-order valence-electron chi connectivity index (χ4n) is 0.743. The van der Waals surface area contributed by atoms with E-state index in [4.69, 9.17) is 15.9 Å². The zero-order chi connectivity index (χ0) is 9.30. The third kappa shape index (κ3) is 2.22. The Balaban J connectivity index is 0.00000144. The number of anilines is 1. The molecule has 4 N–H and O–H groups in total. The highest BCUT2D eigenvalue weighted by atomic mass is 35.5. The van der Waals surface area contributed by atoms with Crippen molar-refractivity contribution in [2.45, 2.75) is 0 Å². The highest BCUT2D eigenvalue weighted by Crippen LogP contribution is 2.23. The number of carboxylic acid groups (broad SMARTS) is 1. The van der Waals surface area contributed by atoms with Crippen molar-refractivity contribution in [3.05, 3.63) is 23.5 Å². The van der Waals surface area contributed by atoms with E-state index in [1.165, 1.54) is 0 Å². The number of rotatable bonds is 1. The standard InChI is InChI=1S/C7H6FNO3.ClH/c8-4-2-6(10)5(9)1-3(4)7(11)12;/h1-2,10H,9H2,(H,11,12);1H. The van der Waals surface area contributed by atoms with Gasteiger partial charge in [-0.15, -0.1) is 12.4 Å². The number of hydrogen-bond donors (Lipinski definition) is 3. The lowest BCUT2D eigenvalue weighted by Crippen LogP contribution is -2.01. The first-order chi connectivity index (χ1) is 5.52. The van der Waals surface area contributed by atoms with E-state index in [0.717, 1.165) is 6.07 Å². The number of aromatic hydroxyl groups is 1. The summed E-state index contributed by atoms with van der Waals surface area (Å²) in [7, 11) is 0. The fraction of sp³-hybridized carbons (Fsp3) is 0. The van der Waals surface area contributed by atoms with E-state index in [1.807, 2.05) is 0 Å². The second kappa shape index (κ2) is 3.95. The van der Waals surface area contributed by atoms with Crippen molar-refractivity contribution in [1.82, 2.24) is 0 Å². The molecule has 0 heterocycles. The third-order valence-electron chi connectivity index (χ3n) is 1.35. The maximum absolute atomic E-state index is 12.7. The smallest absolute Gasteiger partial charge is 0.338 e. The molecule has 0 fully saturated rings. The summed E-state index contributed by atoms with van der Waals surface area (Å²) in [6.07, 6.45) is 0. The van der Waals surface area contributed by atoms with Gasteiger partial charge in [0.25, 0.3) is 0 Å². The summed E-state index contributed by atoms with van der Waals surface area (Å²) in [5.74, 6) is -2.88. The molecular weight excluding hydrogens is 201 g/mol. The van der Waals surface area contributed by atoms with Crippen molar-refractivity contribution in [2.75, 3.05) is 5.73 Å². The van der Waals surface area contributed by atoms with Crippen LogP contribution in [-0.4, -0.2) is 16.2 Å². The maximum Gasteiger partial charge on any atom is 0.338 e. The minimum Gasteiger partial charge on any atom is -0.506 e. The van der Waals surface area contributed by atoms with Crippen LogP contribution in [-0.2, 0) is 0 Å². The first-order valence-electron chi connectivity index (χ1n) is 3.03. The van der Waals surface area contributed by atoms with E-state index in [2.05, 4.69) is 0 Å². The van der Waals surface area contributed by atoms with Crippen molar-refractivity contribution in [3.8, 4) is 5.75 Å². The molecule has 0 aliphatic carbocycles. The van der Waals surface area contributed by atoms with E-state index in [-0.39, 0.29) is 18.1 Å². The highest BCUT2D eigenvalue weighted by molar-refractivity contribution is 5.89. The van der Waals surface area contributed by atoms with Crippen LogP contribution >= 0.6 is 12.4 Å². The predicted molar refractivity (Wildman–Crippen MR) is 46.7 cm³/mol. The molecule has 1 aromatic rings. The first-order valence-corrected chi connectivity index (χ1v) is 3.03. The van der Waals surface area contributed by atoms with Gasteiger partial charge in [0.1, 0.15) is 11.6 Å². The number of aromatic carboxylic acids is 1. The molecule has 6 heteroatoms. The van der Waals surface area contributed by atoms with Gasteiger partial charge in [0, 0.05) is 6.07 Å². The van der Waals surface area contributed by atoms with Crippen LogP contribution in [0.15, 0.2) is 12.1 Å². The molecule has 0 saturated carbocycles. The Morgan fingerprint density at radius 2 is 2.00 bits per heavy atom. The Labute approximate surface area is 79.2 Å². The summed E-state index contributed by atoms with van der Waals surface area (Å²) in [6, 6.07) is 1.53. The summed E-state index contributed by atoms with van der Waals surface area (Å²) in [5, 5.41) is 17.3. The lowest BCUT2D eigenvalue weighted by Gasteiger charge is -2.01. The number of nitrogen functional groups attached to an aromatic ring is 1. The molecule has 0 bridgehead atoms. The van der Waals surface area contributed by atoms with Crippen molar-refractivity contribution in [1.29, 1.82) is 0 Å². The highest BCUT2D eigenvalue weighted by Gasteiger charge is 2.12. The molecule has 0 saturated heterocycles. The number of halogens is 2. The van der Waals surface area contributed by atoms with Crippen LogP contribution in [0.25, 0.3) is 0 Å². The second-order valence-electron chi connectivity index (χ2n) is 2.20. The quantitative estimate of drug-likeness (QED) is 0.478. The van der Waals surface area contributed by atoms with E-state index >= 15 is 0 Å². The maximum atomic E-state index is 12.7. The van der Waals surface area contributed by atoms with Gasteiger partial charge >= 0.3 is 5.97 Å². The van der Waals surface area contributed by atoms with Crippen LogP contribution in [0.4, 0.5) is 10.1 Å². The number of carbonyl (C=O) groups is 1. The second-order valence-corrected chi connectivity index (χ2v) is 2.20. The molecule has 0 aromatic heterocycles. The van der Waals surface area contributed by atoms with Crippen LogP contribution in [0.5, 0.6) is 5.75 Å². The molecular formula is C7H7ClFNO3. The predicted octanol–water partition coefficient (Wildman–Crippen LogP) is 1.23. The van der Waals surface area contributed by atoms with Crippen LogP contribution in [0.1, 0.15) is 10.4 Å². The molecule has 0 atom stereocenters. The van der Waals surface area contributed by atoms with E-state index in [1.54, 1.807) is 0 Å². The number of phenols is 1. The van der Waals surface area contributed by atoms with Crippen LogP contribution in [0.3, 0.4) is 0 Å². The van der Waals surface area contributed by atoms with Crippen molar-refractivity contribution in [2.24, 2.45) is 0 Å². The summed E-state index contributed by atoms with van der Waals surface area (Å²) < 4.78 is 12.7. The lowest BCUT2D eigenvalue weighted by atomic mass is 10.2. The van der Waals surface area contributed by atoms with Crippen LogP contribution in [0, 0.1) is 5.82 Å². The van der Waals surface area contributed by atoms with Gasteiger partial charge in [-0.25, -0.2) is 9.18 Å². The largest absolute Gasteiger partial charge is 0.506 e. The molecule has 1 rings (SSSR count). The van der Waals surface area contributed by atoms with E-state index in [9.17, 15) is 9.18 Å². The Hall–Kier alpha value is -1.49. The lowest BCUT2D eigenvalue weighted by molar-refractivity contribution is 0.0692. The molecule has 0 radical (unpaired) electrons. The van der Waals surface area contributed by atoms with Crippen molar-refractivity contribution < 1.29 is 19.4 Å². The van der Waals surface area contributed by atoms with Crippen LogP contribution < -0.4 is 5.73 Å². The van der Waals surface area contributed by atoms with E-state index in [0.29, 0.717) is 6.07 Å². The molecule has 0 amide bonds. The molecule has 0 unspecified atom stereocenters. The number of nitrogens with two attached hydrogens (primary N) is 1. The van der Waals surface area contributed by atoms with Gasteiger partial charge in [-0.1, -0.05) is 0 Å². The number of benzene rings is 1. The van der Waals surface area contributed by atoms with Crippen molar-refractivity contribution >= 4 is 24.1 Å². The normalized spacial score (nSPS) is 9.00. The van der Waals surface area contributed by atoms with Gasteiger partial charge in [0.15, 0.2) is 0 Å². The Morgan fingerprint density at radius 1 is 1.46 bits per heavy atom. The topological polar surface area (TPSA) is 83.6 Å². The molecule has 0 aliphatic heterocycles. The first kappa shape index (κ1) is 11.5.